The highest BCUT2D eigenvalue weighted by atomic mass is 16.7. The van der Waals surface area contributed by atoms with Crippen LogP contribution in [0.2, 0.25) is 0 Å². The second-order valence-corrected chi connectivity index (χ2v) is 15.5. The van der Waals surface area contributed by atoms with E-state index < -0.39 is 56.3 Å². The van der Waals surface area contributed by atoms with Crippen LogP contribution in [-0.4, -0.2) is 52.0 Å². The van der Waals surface area contributed by atoms with Gasteiger partial charge in [0.2, 0.25) is 5.41 Å². The molecule has 220 valence electrons. The fourth-order valence-corrected chi connectivity index (χ4v) is 5.19. The number of nitrogens with zero attached hydrogens (tertiary/aromatic N) is 2. The van der Waals surface area contributed by atoms with Crippen LogP contribution in [-0.2, 0) is 28.7 Å². The molecule has 8 heteroatoms. The Morgan fingerprint density at radius 2 is 1.28 bits per heavy atom. The van der Waals surface area contributed by atoms with Gasteiger partial charge in [0.15, 0.2) is 11.6 Å². The number of hydrogen-bond donors (Lipinski definition) is 0. The minimum atomic E-state index is -2.11. The Labute approximate surface area is 235 Å². The molecule has 0 bridgehead atoms. The van der Waals surface area contributed by atoms with Crippen molar-refractivity contribution in [2.75, 3.05) is 0 Å². The summed E-state index contributed by atoms with van der Waals surface area (Å²) >= 11 is 0. The topological polar surface area (TPSA) is 102 Å². The number of esters is 1. The molecule has 0 unspecified atom stereocenters. The van der Waals surface area contributed by atoms with Crippen LogP contribution in [0.4, 0.5) is 0 Å². The highest BCUT2D eigenvalue weighted by Gasteiger charge is 2.83. The maximum absolute atomic E-state index is 14.6. The number of likely N-dealkylation sites (tertiary alicyclic amines) is 1. The van der Waals surface area contributed by atoms with Crippen LogP contribution in [0.5, 0.6) is 0 Å². The smallest absolute Gasteiger partial charge is 0.348 e. The molecule has 1 amide bonds. The van der Waals surface area contributed by atoms with Crippen LogP contribution in [0, 0.1) is 27.1 Å². The Kier molecular flexibility index (Phi) is 8.01. The van der Waals surface area contributed by atoms with Crippen molar-refractivity contribution in [1.82, 2.24) is 4.90 Å². The maximum Gasteiger partial charge on any atom is 0.348 e. The molecule has 39 heavy (non-hydrogen) atoms. The Hall–Kier alpha value is -2.51. The van der Waals surface area contributed by atoms with Crippen LogP contribution >= 0.6 is 0 Å². The molecule has 0 aromatic heterocycles. The van der Waals surface area contributed by atoms with Crippen molar-refractivity contribution in [1.29, 1.82) is 0 Å². The zero-order valence-corrected chi connectivity index (χ0v) is 27.0. The number of amidine groups is 1. The molecule has 2 aliphatic heterocycles. The van der Waals surface area contributed by atoms with E-state index in [2.05, 4.69) is 0 Å². The first kappa shape index (κ1) is 32.7. The summed E-state index contributed by atoms with van der Waals surface area (Å²) in [5.74, 6) is -4.11. The van der Waals surface area contributed by atoms with E-state index in [4.69, 9.17) is 14.5 Å². The van der Waals surface area contributed by atoms with Crippen LogP contribution in [0.1, 0.15) is 111 Å². The van der Waals surface area contributed by atoms with Gasteiger partial charge in [0.25, 0.3) is 11.7 Å². The Balaban J connectivity index is 3.18. The van der Waals surface area contributed by atoms with Crippen molar-refractivity contribution < 1.29 is 28.7 Å². The number of Topliss-reactive ketones (excluding diaryl/α,β-unsaturated/α-hetero) is 2. The highest BCUT2D eigenvalue weighted by Crippen LogP contribution is 2.61. The molecule has 0 aliphatic carbocycles. The molecule has 0 aromatic rings. The largest absolute Gasteiger partial charge is 0.452 e. The molecule has 0 saturated carbocycles. The number of cyclic esters (lactones) is 1. The van der Waals surface area contributed by atoms with Gasteiger partial charge in [-0.15, -0.1) is 0 Å². The van der Waals surface area contributed by atoms with Gasteiger partial charge in [-0.2, -0.15) is 0 Å². The molecule has 0 spiro atoms. The normalized spacial score (nSPS) is 26.2. The number of carbonyl (C=O) groups excluding carboxylic acids is 4. The molecule has 1 fully saturated rings. The van der Waals surface area contributed by atoms with E-state index in [0.717, 1.165) is 0 Å². The standard InChI is InChI=1S/C31H50N2O6/c1-17(2)32-24-30(23(36)28(11,12)13,25(37)33(24)18(3)4)31(29(14,15)16)38-21(27(8,9)10)19(22(35)39-31)20(34)26(5,6)7/h17-18H,1-16H3/t30-,31+/m1/s1. The predicted molar refractivity (Wildman–Crippen MR) is 152 cm³/mol. The summed E-state index contributed by atoms with van der Waals surface area (Å²) in [6, 6.07) is -0.573. The van der Waals surface area contributed by atoms with Gasteiger partial charge in [-0.1, -0.05) is 83.1 Å². The summed E-state index contributed by atoms with van der Waals surface area (Å²) in [5.41, 5.74) is -6.12. The van der Waals surface area contributed by atoms with Crippen LogP contribution < -0.4 is 0 Å². The lowest BCUT2D eigenvalue weighted by atomic mass is 9.54. The Morgan fingerprint density at radius 3 is 1.62 bits per heavy atom. The van der Waals surface area contributed by atoms with Gasteiger partial charge in [-0.25, -0.2) is 4.79 Å². The average Bonchev–Trinajstić information content (AvgIpc) is 2.69. The summed E-state index contributed by atoms with van der Waals surface area (Å²) in [5, 5.41) is 0. The number of hydrogen-bond acceptors (Lipinski definition) is 7. The van der Waals surface area contributed by atoms with E-state index in [1.165, 1.54) is 4.90 Å². The molecule has 8 nitrogen and oxygen atoms in total. The van der Waals surface area contributed by atoms with E-state index >= 15 is 0 Å². The van der Waals surface area contributed by atoms with Crippen molar-refractivity contribution in [2.45, 2.75) is 129 Å². The van der Waals surface area contributed by atoms with E-state index in [9.17, 15) is 19.2 Å². The summed E-state index contributed by atoms with van der Waals surface area (Å²) < 4.78 is 13.0. The van der Waals surface area contributed by atoms with E-state index in [0.29, 0.717) is 0 Å². The SMILES string of the molecule is CC(C)N=C1N(C(C)C)C(=O)[C@]1(C(=O)C(C)(C)C)[C@]1(C(C)(C)C)OC(=O)C(C(=O)C(C)(C)C)=C(C(C)(C)C)O1. The third-order valence-corrected chi connectivity index (χ3v) is 7.01. The number of amides is 1. The van der Waals surface area contributed by atoms with Crippen LogP contribution in [0.15, 0.2) is 16.3 Å². The first-order valence-corrected chi connectivity index (χ1v) is 13.9. The quantitative estimate of drug-likeness (QED) is 0.185. The van der Waals surface area contributed by atoms with E-state index in [1.807, 2.05) is 48.5 Å². The Morgan fingerprint density at radius 1 is 0.795 bits per heavy atom. The van der Waals surface area contributed by atoms with Crippen molar-refractivity contribution >= 4 is 29.3 Å². The predicted octanol–water partition coefficient (Wildman–Crippen LogP) is 5.88. The van der Waals surface area contributed by atoms with E-state index in [1.54, 1.807) is 62.3 Å². The number of allylic oxidation sites excluding steroid dienone is 1. The third kappa shape index (κ3) is 4.97. The third-order valence-electron chi connectivity index (χ3n) is 7.01. The molecular weight excluding hydrogens is 496 g/mol. The molecule has 1 saturated heterocycles. The van der Waals surface area contributed by atoms with Gasteiger partial charge < -0.3 is 9.47 Å². The van der Waals surface area contributed by atoms with E-state index in [-0.39, 0.29) is 29.3 Å². The van der Waals surface area contributed by atoms with Crippen LogP contribution in [0.3, 0.4) is 0 Å². The summed E-state index contributed by atoms with van der Waals surface area (Å²) in [6.45, 7) is 28.5. The highest BCUT2D eigenvalue weighted by molar-refractivity contribution is 6.38. The maximum atomic E-state index is 14.6. The number of rotatable bonds is 5. The Bertz CT molecular complexity index is 1130. The number of ketones is 2. The van der Waals surface area contributed by atoms with Crippen molar-refractivity contribution in [2.24, 2.45) is 32.1 Å². The zero-order chi connectivity index (χ0) is 30.9. The number of β-lactam (4-membered cyclic amide) rings is 1. The van der Waals surface area contributed by atoms with Crippen molar-refractivity contribution in [3.05, 3.63) is 11.3 Å². The summed E-state index contributed by atoms with van der Waals surface area (Å²) in [7, 11) is 0. The molecule has 0 radical (unpaired) electrons. The molecular formula is C31H50N2O6. The number of carbonyl (C=O) groups is 4. The summed E-state index contributed by atoms with van der Waals surface area (Å²) in [6.07, 6.45) is 0. The minimum absolute atomic E-state index is 0.106. The number of ether oxygens (including phenoxy) is 2. The first-order valence-electron chi connectivity index (χ1n) is 13.9. The minimum Gasteiger partial charge on any atom is -0.452 e. The van der Waals surface area contributed by atoms with Gasteiger partial charge >= 0.3 is 5.97 Å². The lowest BCUT2D eigenvalue weighted by Gasteiger charge is -2.63. The van der Waals surface area contributed by atoms with Gasteiger partial charge in [-0.3, -0.25) is 24.3 Å². The molecule has 2 aliphatic rings. The monoisotopic (exact) mass is 546 g/mol. The molecule has 2 rings (SSSR count). The zero-order valence-electron chi connectivity index (χ0n) is 27.0. The first-order chi connectivity index (χ1) is 17.2. The number of aliphatic imine (C=N–C) groups is 1. The van der Waals surface area contributed by atoms with Gasteiger partial charge in [0.1, 0.15) is 17.2 Å². The molecule has 0 aromatic carbocycles. The fraction of sp³-hybridized carbons (Fsp3) is 0.774. The summed E-state index contributed by atoms with van der Waals surface area (Å²) in [4.78, 5) is 63.0. The second-order valence-electron chi connectivity index (χ2n) is 15.5. The fourth-order valence-electron chi connectivity index (χ4n) is 5.19. The van der Waals surface area contributed by atoms with Crippen molar-refractivity contribution in [3.8, 4) is 0 Å². The molecule has 2 heterocycles. The average molecular weight is 547 g/mol. The lowest BCUT2D eigenvalue weighted by molar-refractivity contribution is -0.306. The van der Waals surface area contributed by atoms with Crippen LogP contribution in [0.25, 0.3) is 0 Å². The van der Waals surface area contributed by atoms with Gasteiger partial charge in [0, 0.05) is 33.7 Å². The molecule has 0 N–H and O–H groups in total. The molecule has 2 atom stereocenters. The van der Waals surface area contributed by atoms with Crippen molar-refractivity contribution in [3.63, 3.8) is 0 Å². The second kappa shape index (κ2) is 9.55. The van der Waals surface area contributed by atoms with Gasteiger partial charge in [0.05, 0.1) is 0 Å². The lowest BCUT2D eigenvalue weighted by Crippen LogP contribution is -2.84. The van der Waals surface area contributed by atoms with Gasteiger partial charge in [-0.05, 0) is 27.7 Å².